The van der Waals surface area contributed by atoms with E-state index in [1.807, 2.05) is 6.08 Å². The molecule has 0 aromatic carbocycles. The number of carbonyl (C=O) groups is 1. The summed E-state index contributed by atoms with van der Waals surface area (Å²) >= 11 is 0. The summed E-state index contributed by atoms with van der Waals surface area (Å²) in [5, 5.41) is 87.6. The van der Waals surface area contributed by atoms with Crippen molar-refractivity contribution < 1.29 is 64.6 Å². The second kappa shape index (κ2) is 64.7. The van der Waals surface area contributed by atoms with Crippen molar-refractivity contribution in [3.63, 3.8) is 0 Å². The monoisotopic (exact) mass is 1350 g/mol. The quantitative estimate of drug-likeness (QED) is 0.0204. The van der Waals surface area contributed by atoms with Gasteiger partial charge in [-0.15, -0.1) is 0 Å². The minimum absolute atomic E-state index is 0.253. The molecule has 2 rings (SSSR count). The van der Waals surface area contributed by atoms with Crippen LogP contribution in [0.3, 0.4) is 0 Å². The van der Waals surface area contributed by atoms with Crippen LogP contribution in [0.1, 0.15) is 296 Å². The zero-order valence-electron chi connectivity index (χ0n) is 60.3. The Morgan fingerprint density at radius 2 is 0.729 bits per heavy atom. The fourth-order valence-corrected chi connectivity index (χ4v) is 12.0. The second-order valence-electron chi connectivity index (χ2n) is 26.7. The van der Waals surface area contributed by atoms with Crippen LogP contribution < -0.4 is 5.32 Å². The molecule has 2 fully saturated rings. The molecular weight excluding hydrogens is 1210 g/mol. The Balaban J connectivity index is 1.65. The van der Waals surface area contributed by atoms with Crippen LogP contribution in [0.2, 0.25) is 0 Å². The molecule has 0 aliphatic carbocycles. The smallest absolute Gasteiger partial charge is 0.220 e. The Morgan fingerprint density at radius 1 is 0.385 bits per heavy atom. The number of amides is 1. The Kier molecular flexibility index (Phi) is 59.7. The van der Waals surface area contributed by atoms with Crippen LogP contribution in [0.5, 0.6) is 0 Å². The summed E-state index contributed by atoms with van der Waals surface area (Å²) in [5.74, 6) is -0.253. The summed E-state index contributed by atoms with van der Waals surface area (Å²) in [6, 6.07) is -0.942. The lowest BCUT2D eigenvalue weighted by Gasteiger charge is -2.46. The van der Waals surface area contributed by atoms with Gasteiger partial charge in [0.15, 0.2) is 12.6 Å². The minimum Gasteiger partial charge on any atom is -0.394 e. The fraction of sp³-hybridized carbons (Fsp3) is 0.744. The van der Waals surface area contributed by atoms with E-state index in [2.05, 4.69) is 129 Å². The summed E-state index contributed by atoms with van der Waals surface area (Å²) in [4.78, 5) is 13.4. The zero-order chi connectivity index (χ0) is 69.4. The molecule has 96 heavy (non-hydrogen) atoms. The van der Waals surface area contributed by atoms with Crippen LogP contribution in [-0.2, 0) is 23.7 Å². The van der Waals surface area contributed by atoms with Gasteiger partial charge in [0.05, 0.1) is 32.0 Å². The molecule has 2 heterocycles. The highest BCUT2D eigenvalue weighted by Gasteiger charge is 2.51. The molecule has 0 saturated carbocycles. The molecule has 0 aromatic rings. The first-order chi connectivity index (χ1) is 47.1. The van der Waals surface area contributed by atoms with E-state index >= 15 is 0 Å². The highest BCUT2D eigenvalue weighted by Crippen LogP contribution is 2.30. The Morgan fingerprint density at radius 3 is 1.15 bits per heavy atom. The average molecular weight is 1350 g/mol. The Hall–Kier alpha value is -3.61. The van der Waals surface area contributed by atoms with Crippen molar-refractivity contribution in [3.8, 4) is 0 Å². The number of aliphatic hydroxyl groups excluding tert-OH is 8. The van der Waals surface area contributed by atoms with E-state index in [-0.39, 0.29) is 18.9 Å². The van der Waals surface area contributed by atoms with E-state index < -0.39 is 86.8 Å². The van der Waals surface area contributed by atoms with Gasteiger partial charge in [-0.2, -0.15) is 0 Å². The molecule has 12 atom stereocenters. The van der Waals surface area contributed by atoms with E-state index in [0.29, 0.717) is 12.8 Å². The van der Waals surface area contributed by atoms with Gasteiger partial charge in [-0.1, -0.05) is 315 Å². The van der Waals surface area contributed by atoms with Crippen LogP contribution in [0.15, 0.2) is 122 Å². The third-order valence-corrected chi connectivity index (χ3v) is 18.1. The summed E-state index contributed by atoms with van der Waals surface area (Å²) in [5.41, 5.74) is 0. The van der Waals surface area contributed by atoms with Gasteiger partial charge in [0.2, 0.25) is 5.91 Å². The third kappa shape index (κ3) is 47.4. The van der Waals surface area contributed by atoms with E-state index in [1.165, 1.54) is 173 Å². The second-order valence-corrected chi connectivity index (χ2v) is 26.7. The number of aliphatic hydroxyl groups is 8. The van der Waals surface area contributed by atoms with Gasteiger partial charge in [-0.3, -0.25) is 4.79 Å². The molecule has 2 aliphatic heterocycles. The van der Waals surface area contributed by atoms with Crippen molar-refractivity contribution in [1.82, 2.24) is 5.32 Å². The molecule has 2 aliphatic rings. The number of carbonyl (C=O) groups excluding carboxylic acids is 1. The van der Waals surface area contributed by atoms with Crippen molar-refractivity contribution in [1.29, 1.82) is 0 Å². The lowest BCUT2D eigenvalue weighted by molar-refractivity contribution is -0.359. The predicted molar refractivity (Wildman–Crippen MR) is 396 cm³/mol. The molecule has 552 valence electrons. The molecule has 12 unspecified atom stereocenters. The van der Waals surface area contributed by atoms with Crippen molar-refractivity contribution in [2.45, 2.75) is 370 Å². The number of rotatable bonds is 63. The van der Waals surface area contributed by atoms with E-state index in [9.17, 15) is 45.6 Å². The van der Waals surface area contributed by atoms with Crippen molar-refractivity contribution in [2.75, 3.05) is 19.8 Å². The normalized spacial score (nSPS) is 22.9. The van der Waals surface area contributed by atoms with E-state index in [4.69, 9.17) is 18.9 Å². The molecule has 14 heteroatoms. The number of hydrogen-bond donors (Lipinski definition) is 9. The lowest BCUT2D eigenvalue weighted by Crippen LogP contribution is -2.65. The summed E-state index contributed by atoms with van der Waals surface area (Å²) in [6.45, 7) is 2.69. The standard InChI is InChI=1S/C82H141NO13/c1-3-5-7-9-11-13-15-17-19-21-23-25-27-29-30-31-32-33-34-35-36-37-38-39-40-42-44-46-48-50-52-54-56-58-60-62-64-66-74(87)83-70(69-93-81-79(92)77(90)80(73(68-85)95-81)96-82-78(91)76(89)75(88)72(67-84)94-82)71(86)65-63-61-59-57-55-53-51-49-47-45-43-41-28-26-24-22-20-18-16-14-12-10-8-6-4-2/h5,7,11,13,17,19,23,25,29-30,32-33,35-36,38-39,55,57,63,65,70-73,75-82,84-86,88-92H,3-4,6,8-10,12,14-16,18,20-22,24,26-28,31,34,37,40-54,56,58-62,64,66-69H2,1-2H3,(H,83,87)/b7-5-,13-11-,19-17-,25-23-,30-29-,33-32-,36-35-,39-38-,57-55+,65-63+. The molecule has 14 nitrogen and oxygen atoms in total. The first kappa shape index (κ1) is 88.5. The molecule has 0 aromatic heterocycles. The first-order valence-electron chi connectivity index (χ1n) is 38.8. The molecule has 9 N–H and O–H groups in total. The zero-order valence-corrected chi connectivity index (χ0v) is 60.3. The van der Waals surface area contributed by atoms with Crippen molar-refractivity contribution in [3.05, 3.63) is 122 Å². The van der Waals surface area contributed by atoms with Crippen LogP contribution in [0.4, 0.5) is 0 Å². The van der Waals surface area contributed by atoms with Gasteiger partial charge in [0, 0.05) is 6.42 Å². The Bertz CT molecular complexity index is 2080. The number of hydrogen-bond acceptors (Lipinski definition) is 13. The van der Waals surface area contributed by atoms with Gasteiger partial charge < -0.3 is 65.1 Å². The van der Waals surface area contributed by atoms with Crippen LogP contribution in [0, 0.1) is 0 Å². The van der Waals surface area contributed by atoms with Crippen LogP contribution in [0.25, 0.3) is 0 Å². The largest absolute Gasteiger partial charge is 0.394 e. The fourth-order valence-electron chi connectivity index (χ4n) is 12.0. The first-order valence-corrected chi connectivity index (χ1v) is 38.8. The highest BCUT2D eigenvalue weighted by atomic mass is 16.7. The van der Waals surface area contributed by atoms with Gasteiger partial charge in [-0.05, 0) is 96.3 Å². The average Bonchev–Trinajstić information content (AvgIpc) is 0.857. The number of ether oxygens (including phenoxy) is 4. The molecule has 2 saturated heterocycles. The Labute approximate surface area is 584 Å². The predicted octanol–water partition coefficient (Wildman–Crippen LogP) is 17.2. The van der Waals surface area contributed by atoms with E-state index in [1.54, 1.807) is 6.08 Å². The van der Waals surface area contributed by atoms with Gasteiger partial charge in [0.25, 0.3) is 0 Å². The molecule has 0 bridgehead atoms. The molecule has 1 amide bonds. The SMILES string of the molecule is CC/C=C\C/C=C\C/C=C\C/C=C\C/C=C\C/C=C\C/C=C\C/C=C\CCCCCCCCCCCCCCC(=O)NC(COC1OC(CO)C(OC2OC(CO)C(O)C(O)C2O)C(O)C1O)C(O)/C=C/CC/C=C/CCCCCCCCCCCCCCCCCCCCC. The summed E-state index contributed by atoms with van der Waals surface area (Å²) in [7, 11) is 0. The van der Waals surface area contributed by atoms with Gasteiger partial charge >= 0.3 is 0 Å². The number of allylic oxidation sites excluding steroid dienone is 19. The molecule has 0 radical (unpaired) electrons. The van der Waals surface area contributed by atoms with E-state index in [0.717, 1.165) is 89.9 Å². The van der Waals surface area contributed by atoms with Gasteiger partial charge in [0.1, 0.15) is 48.8 Å². The van der Waals surface area contributed by atoms with Crippen LogP contribution in [-0.4, -0.2) is 140 Å². The summed E-state index contributed by atoms with van der Waals surface area (Å²) in [6.07, 6.45) is 78.3. The van der Waals surface area contributed by atoms with Crippen LogP contribution >= 0.6 is 0 Å². The molecular formula is C82H141NO13. The lowest BCUT2D eigenvalue weighted by atomic mass is 9.97. The summed E-state index contributed by atoms with van der Waals surface area (Å²) < 4.78 is 22.9. The maximum atomic E-state index is 13.4. The maximum Gasteiger partial charge on any atom is 0.220 e. The van der Waals surface area contributed by atoms with Crippen molar-refractivity contribution >= 4 is 5.91 Å². The maximum absolute atomic E-state index is 13.4. The minimum atomic E-state index is -1.80. The number of nitrogens with one attached hydrogen (secondary N) is 1. The van der Waals surface area contributed by atoms with Gasteiger partial charge in [-0.25, -0.2) is 0 Å². The van der Waals surface area contributed by atoms with Crippen molar-refractivity contribution in [2.24, 2.45) is 0 Å². The molecule has 0 spiro atoms. The number of unbranched alkanes of at least 4 members (excludes halogenated alkanes) is 32. The highest BCUT2D eigenvalue weighted by molar-refractivity contribution is 5.76. The topological polar surface area (TPSA) is 228 Å². The third-order valence-electron chi connectivity index (χ3n) is 18.1.